The number of carbonyl (C=O) groups excluding carboxylic acids is 1. The molecule has 1 aromatic carbocycles. The molecule has 0 bridgehead atoms. The SMILES string of the molecule is CC(C)(O)C1CCN(c2nc(N[C@H]3CCCNC3=O)nc3c2cnn3-c2cccc(C(F)(F)F)c2)CC1. The Labute approximate surface area is 212 Å². The van der Waals surface area contributed by atoms with Gasteiger partial charge in [0.05, 0.1) is 28.4 Å². The highest BCUT2D eigenvalue weighted by Gasteiger charge is 2.33. The van der Waals surface area contributed by atoms with Gasteiger partial charge in [-0.3, -0.25) is 4.79 Å². The largest absolute Gasteiger partial charge is 0.416 e. The Kier molecular flexibility index (Phi) is 6.47. The van der Waals surface area contributed by atoms with E-state index in [0.717, 1.165) is 31.4 Å². The molecule has 2 aliphatic heterocycles. The maximum absolute atomic E-state index is 13.4. The van der Waals surface area contributed by atoms with E-state index < -0.39 is 23.4 Å². The number of halogens is 3. The van der Waals surface area contributed by atoms with Crippen molar-refractivity contribution in [3.8, 4) is 5.69 Å². The smallest absolute Gasteiger partial charge is 0.390 e. The molecule has 0 radical (unpaired) electrons. The summed E-state index contributed by atoms with van der Waals surface area (Å²) in [6.45, 7) is 5.51. The van der Waals surface area contributed by atoms with Crippen molar-refractivity contribution in [2.24, 2.45) is 5.92 Å². The summed E-state index contributed by atoms with van der Waals surface area (Å²) in [5.74, 6) is 0.797. The lowest BCUT2D eigenvalue weighted by Gasteiger charge is -2.38. The van der Waals surface area contributed by atoms with Gasteiger partial charge in [-0.15, -0.1) is 0 Å². The van der Waals surface area contributed by atoms with Crippen molar-refractivity contribution in [3.63, 3.8) is 0 Å². The number of alkyl halides is 3. The molecule has 1 atom stereocenters. The van der Waals surface area contributed by atoms with Crippen molar-refractivity contribution in [1.29, 1.82) is 0 Å². The van der Waals surface area contributed by atoms with Crippen LogP contribution in [0.25, 0.3) is 16.7 Å². The van der Waals surface area contributed by atoms with Crippen LogP contribution in [0, 0.1) is 5.92 Å². The number of nitrogens with one attached hydrogen (secondary N) is 2. The molecular formula is C25H30F3N7O2. The van der Waals surface area contributed by atoms with Crippen LogP contribution >= 0.6 is 0 Å². The number of aromatic nitrogens is 4. The zero-order valence-electron chi connectivity index (χ0n) is 20.7. The predicted octanol–water partition coefficient (Wildman–Crippen LogP) is 3.51. The molecule has 9 nitrogen and oxygen atoms in total. The number of anilines is 2. The highest BCUT2D eigenvalue weighted by Crippen LogP contribution is 2.35. The number of amides is 1. The molecule has 37 heavy (non-hydrogen) atoms. The van der Waals surface area contributed by atoms with Crippen LogP contribution in [0.3, 0.4) is 0 Å². The lowest BCUT2D eigenvalue weighted by atomic mass is 9.83. The third kappa shape index (κ3) is 5.20. The minimum absolute atomic E-state index is 0.137. The number of hydrogen-bond donors (Lipinski definition) is 3. The first kappa shape index (κ1) is 25.2. The minimum atomic E-state index is -4.50. The molecule has 2 aromatic heterocycles. The molecule has 0 unspecified atom stereocenters. The van der Waals surface area contributed by atoms with Gasteiger partial charge in [0.2, 0.25) is 11.9 Å². The van der Waals surface area contributed by atoms with Crippen molar-refractivity contribution >= 4 is 28.7 Å². The Hall–Kier alpha value is -3.41. The molecule has 3 N–H and O–H groups in total. The number of rotatable bonds is 5. The molecule has 0 aliphatic carbocycles. The van der Waals surface area contributed by atoms with E-state index in [0.29, 0.717) is 42.9 Å². The van der Waals surface area contributed by atoms with Crippen LogP contribution in [-0.2, 0) is 11.0 Å². The molecule has 3 aromatic rings. The fraction of sp³-hybridized carbons (Fsp3) is 0.520. The quantitative estimate of drug-likeness (QED) is 0.475. The highest BCUT2D eigenvalue weighted by atomic mass is 19.4. The lowest BCUT2D eigenvalue weighted by Crippen LogP contribution is -2.45. The first-order chi connectivity index (χ1) is 17.5. The Balaban J connectivity index is 1.56. The second-order valence-electron chi connectivity index (χ2n) is 10.3. The summed E-state index contributed by atoms with van der Waals surface area (Å²) in [5.41, 5.74) is -1.01. The lowest BCUT2D eigenvalue weighted by molar-refractivity contribution is -0.137. The average molecular weight is 518 g/mol. The topological polar surface area (TPSA) is 108 Å². The van der Waals surface area contributed by atoms with Crippen molar-refractivity contribution in [1.82, 2.24) is 25.1 Å². The fourth-order valence-corrected chi connectivity index (χ4v) is 5.07. The van der Waals surface area contributed by atoms with Crippen LogP contribution in [0.2, 0.25) is 0 Å². The normalized spacial score (nSPS) is 19.8. The standard InChI is InChI=1S/C25H30F3N7O2/c1-24(2,37)15-8-11-34(12-9-15)20-18-14-30-35(17-6-3-5-16(13-17)25(26,27)28)21(18)33-23(32-20)31-19-7-4-10-29-22(19)36/h3,5-6,13-15,19,37H,4,7-12H2,1-2H3,(H,29,36)(H,31,32,33)/t19-/m0/s1. The van der Waals surface area contributed by atoms with Gasteiger partial charge in [0, 0.05) is 19.6 Å². The molecule has 12 heteroatoms. The van der Waals surface area contributed by atoms with E-state index in [1.54, 1.807) is 12.3 Å². The Morgan fingerprint density at radius 3 is 2.57 bits per heavy atom. The van der Waals surface area contributed by atoms with Crippen LogP contribution in [-0.4, -0.2) is 62.0 Å². The van der Waals surface area contributed by atoms with E-state index >= 15 is 0 Å². The van der Waals surface area contributed by atoms with Crippen molar-refractivity contribution in [2.45, 2.75) is 57.3 Å². The zero-order valence-corrected chi connectivity index (χ0v) is 20.7. The summed E-state index contributed by atoms with van der Waals surface area (Å²) < 4.78 is 41.5. The summed E-state index contributed by atoms with van der Waals surface area (Å²) >= 11 is 0. The molecule has 2 aliphatic rings. The first-order valence-corrected chi connectivity index (χ1v) is 12.5. The van der Waals surface area contributed by atoms with Crippen molar-refractivity contribution < 1.29 is 23.1 Å². The van der Waals surface area contributed by atoms with Crippen LogP contribution in [0.5, 0.6) is 0 Å². The molecular weight excluding hydrogens is 487 g/mol. The average Bonchev–Trinajstić information content (AvgIpc) is 3.28. The summed E-state index contributed by atoms with van der Waals surface area (Å²) in [7, 11) is 0. The number of benzene rings is 1. The van der Waals surface area contributed by atoms with Gasteiger partial charge in [-0.05, 0) is 63.6 Å². The second kappa shape index (κ2) is 9.47. The molecule has 5 rings (SSSR count). The van der Waals surface area contributed by atoms with Crippen molar-refractivity contribution in [2.75, 3.05) is 29.9 Å². The van der Waals surface area contributed by atoms with Gasteiger partial charge in [0.25, 0.3) is 0 Å². The van der Waals surface area contributed by atoms with Crippen LogP contribution in [0.15, 0.2) is 30.5 Å². The Morgan fingerprint density at radius 2 is 1.89 bits per heavy atom. The van der Waals surface area contributed by atoms with Gasteiger partial charge >= 0.3 is 6.18 Å². The Bertz CT molecular complexity index is 1290. The molecule has 2 fully saturated rings. The van der Waals surface area contributed by atoms with Gasteiger partial charge in [0.1, 0.15) is 11.9 Å². The first-order valence-electron chi connectivity index (χ1n) is 12.5. The van der Waals surface area contributed by atoms with E-state index in [9.17, 15) is 23.1 Å². The van der Waals surface area contributed by atoms with Gasteiger partial charge in [-0.25, -0.2) is 4.68 Å². The second-order valence-corrected chi connectivity index (χ2v) is 10.3. The van der Waals surface area contributed by atoms with Gasteiger partial charge in [-0.2, -0.15) is 28.2 Å². The molecule has 198 valence electrons. The van der Waals surface area contributed by atoms with Gasteiger partial charge < -0.3 is 20.6 Å². The van der Waals surface area contributed by atoms with Crippen molar-refractivity contribution in [3.05, 3.63) is 36.0 Å². The van der Waals surface area contributed by atoms with E-state index in [2.05, 4.69) is 25.6 Å². The van der Waals surface area contributed by atoms with Gasteiger partial charge in [-0.1, -0.05) is 6.07 Å². The summed E-state index contributed by atoms with van der Waals surface area (Å²) in [5, 5.41) is 21.4. The monoisotopic (exact) mass is 517 g/mol. The van der Waals surface area contributed by atoms with E-state index in [4.69, 9.17) is 4.98 Å². The molecule has 0 spiro atoms. The predicted molar refractivity (Wildman–Crippen MR) is 133 cm³/mol. The number of hydrogen-bond acceptors (Lipinski definition) is 7. The fourth-order valence-electron chi connectivity index (χ4n) is 5.07. The summed E-state index contributed by atoms with van der Waals surface area (Å²) in [6.07, 6.45) is 0.00175. The Morgan fingerprint density at radius 1 is 1.14 bits per heavy atom. The number of aliphatic hydroxyl groups is 1. The minimum Gasteiger partial charge on any atom is -0.390 e. The van der Waals surface area contributed by atoms with E-state index in [-0.39, 0.29) is 23.5 Å². The third-order valence-corrected chi connectivity index (χ3v) is 7.21. The number of nitrogens with zero attached hydrogens (tertiary/aromatic N) is 5. The summed E-state index contributed by atoms with van der Waals surface area (Å²) in [4.78, 5) is 23.8. The molecule has 2 saturated heterocycles. The van der Waals surface area contributed by atoms with Crippen LogP contribution < -0.4 is 15.5 Å². The van der Waals surface area contributed by atoms with E-state index in [1.165, 1.54) is 10.7 Å². The van der Waals surface area contributed by atoms with E-state index in [1.807, 2.05) is 13.8 Å². The molecule has 0 saturated carbocycles. The highest BCUT2D eigenvalue weighted by molar-refractivity contribution is 5.90. The molecule has 1 amide bonds. The number of fused-ring (bicyclic) bond motifs is 1. The van der Waals surface area contributed by atoms with Gasteiger partial charge in [0.15, 0.2) is 5.65 Å². The zero-order chi connectivity index (χ0) is 26.4. The van der Waals surface area contributed by atoms with Crippen LogP contribution in [0.4, 0.5) is 24.9 Å². The maximum Gasteiger partial charge on any atom is 0.416 e. The number of carbonyl (C=O) groups is 1. The number of piperidine rings is 2. The third-order valence-electron chi connectivity index (χ3n) is 7.21. The summed E-state index contributed by atoms with van der Waals surface area (Å²) in [6, 6.07) is 4.41. The maximum atomic E-state index is 13.4. The van der Waals surface area contributed by atoms with Crippen LogP contribution in [0.1, 0.15) is 45.1 Å². The molecule has 4 heterocycles.